The highest BCUT2D eigenvalue weighted by atomic mass is 16.5. The van der Waals surface area contributed by atoms with Gasteiger partial charge in [-0.05, 0) is 18.9 Å². The van der Waals surface area contributed by atoms with Crippen LogP contribution in [0.2, 0.25) is 0 Å². The van der Waals surface area contributed by atoms with Crippen LogP contribution in [-0.2, 0) is 4.74 Å². The summed E-state index contributed by atoms with van der Waals surface area (Å²) in [5, 5.41) is 17.9. The van der Waals surface area contributed by atoms with Gasteiger partial charge in [0.25, 0.3) is 11.6 Å². The van der Waals surface area contributed by atoms with Crippen LogP contribution in [-0.4, -0.2) is 46.5 Å². The number of amides is 1. The number of rotatable bonds is 4. The predicted octanol–water partition coefficient (Wildman–Crippen LogP) is 1.93. The highest BCUT2D eigenvalue weighted by Crippen LogP contribution is 2.25. The Kier molecular flexibility index (Phi) is 4.56. The third-order valence-corrected chi connectivity index (χ3v) is 4.47. The number of nitrogens with one attached hydrogen (secondary N) is 1. The normalized spacial score (nSPS) is 17.4. The van der Waals surface area contributed by atoms with E-state index in [1.54, 1.807) is 13.0 Å². The summed E-state index contributed by atoms with van der Waals surface area (Å²) < 4.78 is 10.5. The maximum Gasteiger partial charge on any atom is 0.259 e. The van der Waals surface area contributed by atoms with E-state index in [-0.39, 0.29) is 18.4 Å². The molecule has 0 aliphatic carbocycles. The van der Waals surface area contributed by atoms with Crippen molar-refractivity contribution in [2.45, 2.75) is 45.1 Å². The molecule has 7 heteroatoms. The van der Waals surface area contributed by atoms with Crippen molar-refractivity contribution in [2.75, 3.05) is 19.8 Å². The van der Waals surface area contributed by atoms with E-state index in [1.807, 2.05) is 13.8 Å². The number of aliphatic hydroxyl groups is 1. The van der Waals surface area contributed by atoms with Gasteiger partial charge in [0.1, 0.15) is 0 Å². The zero-order valence-electron chi connectivity index (χ0n) is 14.3. The number of nitrogens with zero attached hydrogens (tertiary/aromatic N) is 2. The van der Waals surface area contributed by atoms with E-state index >= 15 is 0 Å². The molecule has 0 radical (unpaired) electrons. The van der Waals surface area contributed by atoms with Gasteiger partial charge in [-0.1, -0.05) is 19.0 Å². The molecule has 7 nitrogen and oxygen atoms in total. The van der Waals surface area contributed by atoms with Crippen molar-refractivity contribution in [2.24, 2.45) is 0 Å². The number of hydrogen-bond acceptors (Lipinski definition) is 6. The highest BCUT2D eigenvalue weighted by Gasteiger charge is 2.30. The fourth-order valence-electron chi connectivity index (χ4n) is 2.86. The van der Waals surface area contributed by atoms with Gasteiger partial charge < -0.3 is 19.7 Å². The average molecular weight is 333 g/mol. The second-order valence-corrected chi connectivity index (χ2v) is 6.72. The van der Waals surface area contributed by atoms with E-state index in [4.69, 9.17) is 9.26 Å². The van der Waals surface area contributed by atoms with Crippen molar-refractivity contribution in [1.82, 2.24) is 15.5 Å². The number of aromatic nitrogens is 2. The maximum atomic E-state index is 12.7. The molecule has 0 saturated carbocycles. The first-order valence-corrected chi connectivity index (χ1v) is 8.25. The Morgan fingerprint density at radius 3 is 2.79 bits per heavy atom. The molecule has 0 atom stereocenters. The van der Waals surface area contributed by atoms with E-state index in [0.717, 1.165) is 5.69 Å². The van der Waals surface area contributed by atoms with Crippen LogP contribution >= 0.6 is 0 Å². The Morgan fingerprint density at radius 2 is 2.12 bits per heavy atom. The molecule has 3 rings (SSSR count). The third kappa shape index (κ3) is 3.27. The molecule has 1 aliphatic heterocycles. The fraction of sp³-hybridized carbons (Fsp3) is 0.588. The van der Waals surface area contributed by atoms with Crippen LogP contribution in [0.25, 0.3) is 11.1 Å². The molecule has 24 heavy (non-hydrogen) atoms. The summed E-state index contributed by atoms with van der Waals surface area (Å²) in [6.07, 6.45) is 1.03. The van der Waals surface area contributed by atoms with E-state index in [9.17, 15) is 9.90 Å². The molecule has 1 saturated heterocycles. The van der Waals surface area contributed by atoms with Gasteiger partial charge in [0.05, 0.1) is 22.2 Å². The Morgan fingerprint density at radius 1 is 1.42 bits per heavy atom. The molecule has 2 aromatic heterocycles. The van der Waals surface area contributed by atoms with Crippen molar-refractivity contribution in [3.63, 3.8) is 0 Å². The Hall–Kier alpha value is -1.99. The summed E-state index contributed by atoms with van der Waals surface area (Å²) in [7, 11) is 0. The molecular weight excluding hydrogens is 310 g/mol. The lowest BCUT2D eigenvalue weighted by Gasteiger charge is -2.32. The van der Waals surface area contributed by atoms with Gasteiger partial charge in [-0.2, -0.15) is 0 Å². The lowest BCUT2D eigenvalue weighted by Crippen LogP contribution is -2.46. The molecule has 2 N–H and O–H groups in total. The smallest absolute Gasteiger partial charge is 0.259 e. The van der Waals surface area contributed by atoms with Gasteiger partial charge in [0.2, 0.25) is 0 Å². The van der Waals surface area contributed by atoms with Crippen molar-refractivity contribution >= 4 is 17.0 Å². The number of carbonyl (C=O) groups excluding carboxylic acids is 1. The molecule has 0 aromatic carbocycles. The molecule has 2 aromatic rings. The summed E-state index contributed by atoms with van der Waals surface area (Å²) in [6, 6.07) is 1.78. The second kappa shape index (κ2) is 6.49. The fourth-order valence-corrected chi connectivity index (χ4v) is 2.86. The minimum atomic E-state index is -0.912. The first-order valence-electron chi connectivity index (χ1n) is 8.25. The minimum Gasteiger partial charge on any atom is -0.388 e. The van der Waals surface area contributed by atoms with Gasteiger partial charge in [0, 0.05) is 38.3 Å². The first-order chi connectivity index (χ1) is 11.4. The molecule has 0 bridgehead atoms. The molecular formula is C17H23N3O4. The van der Waals surface area contributed by atoms with Crippen molar-refractivity contribution < 1.29 is 19.2 Å². The van der Waals surface area contributed by atoms with Crippen LogP contribution < -0.4 is 5.32 Å². The number of hydrogen-bond donors (Lipinski definition) is 2. The third-order valence-electron chi connectivity index (χ3n) is 4.47. The zero-order chi connectivity index (χ0) is 17.3. The molecule has 1 amide bonds. The van der Waals surface area contributed by atoms with Crippen molar-refractivity contribution in [1.29, 1.82) is 0 Å². The van der Waals surface area contributed by atoms with Crippen molar-refractivity contribution in [3.8, 4) is 0 Å². The quantitative estimate of drug-likeness (QED) is 0.887. The van der Waals surface area contributed by atoms with Crippen LogP contribution in [0.4, 0.5) is 0 Å². The Balaban J connectivity index is 1.87. The predicted molar refractivity (Wildman–Crippen MR) is 88.0 cm³/mol. The Labute approximate surface area is 140 Å². The van der Waals surface area contributed by atoms with E-state index in [0.29, 0.717) is 48.4 Å². The van der Waals surface area contributed by atoms with Gasteiger partial charge in [0.15, 0.2) is 0 Å². The Bertz CT molecular complexity index is 748. The summed E-state index contributed by atoms with van der Waals surface area (Å²) in [5.41, 5.74) is 1.34. The maximum absolute atomic E-state index is 12.7. The zero-order valence-corrected chi connectivity index (χ0v) is 14.3. The van der Waals surface area contributed by atoms with Gasteiger partial charge >= 0.3 is 0 Å². The molecule has 1 fully saturated rings. The van der Waals surface area contributed by atoms with E-state index in [2.05, 4.69) is 15.5 Å². The first kappa shape index (κ1) is 16.9. The minimum absolute atomic E-state index is 0.158. The topological polar surface area (TPSA) is 97.5 Å². The highest BCUT2D eigenvalue weighted by molar-refractivity contribution is 6.06. The lowest BCUT2D eigenvalue weighted by atomic mass is 9.94. The van der Waals surface area contributed by atoms with Crippen LogP contribution in [0, 0.1) is 6.92 Å². The molecule has 0 spiro atoms. The SMILES string of the molecule is Cc1noc2nc(C(C)C)cc(C(=O)NCC3(O)CCOCC3)c12. The molecule has 0 unspecified atom stereocenters. The number of fused-ring (bicyclic) bond motifs is 1. The molecule has 1 aliphatic rings. The summed E-state index contributed by atoms with van der Waals surface area (Å²) in [4.78, 5) is 17.1. The number of carbonyl (C=O) groups is 1. The van der Waals surface area contributed by atoms with Crippen LogP contribution in [0.3, 0.4) is 0 Å². The number of aryl methyl sites for hydroxylation is 1. The van der Waals surface area contributed by atoms with Crippen LogP contribution in [0.1, 0.15) is 54.4 Å². The van der Waals surface area contributed by atoms with E-state index < -0.39 is 5.60 Å². The monoisotopic (exact) mass is 333 g/mol. The lowest BCUT2D eigenvalue weighted by molar-refractivity contribution is -0.0605. The number of pyridine rings is 1. The summed E-state index contributed by atoms with van der Waals surface area (Å²) in [6.45, 7) is 7.00. The molecule has 130 valence electrons. The van der Waals surface area contributed by atoms with Crippen LogP contribution in [0.15, 0.2) is 10.6 Å². The second-order valence-electron chi connectivity index (χ2n) is 6.72. The van der Waals surface area contributed by atoms with Gasteiger partial charge in [-0.25, -0.2) is 4.98 Å². The van der Waals surface area contributed by atoms with Gasteiger partial charge in [-0.15, -0.1) is 0 Å². The average Bonchev–Trinajstić information content (AvgIpc) is 2.94. The van der Waals surface area contributed by atoms with Crippen molar-refractivity contribution in [3.05, 3.63) is 23.0 Å². The van der Waals surface area contributed by atoms with Gasteiger partial charge in [-0.3, -0.25) is 4.79 Å². The van der Waals surface area contributed by atoms with Crippen LogP contribution in [0.5, 0.6) is 0 Å². The summed E-state index contributed by atoms with van der Waals surface area (Å²) >= 11 is 0. The summed E-state index contributed by atoms with van der Waals surface area (Å²) in [5.74, 6) is -0.0958. The van der Waals surface area contributed by atoms with E-state index in [1.165, 1.54) is 0 Å². The number of ether oxygens (including phenoxy) is 1. The largest absolute Gasteiger partial charge is 0.388 e. The standard InChI is InChI=1S/C17H23N3O4/c1-10(2)13-8-12(14-11(3)20-24-16(14)19-13)15(21)18-9-17(22)4-6-23-7-5-17/h8,10,22H,4-7,9H2,1-3H3,(H,18,21). The molecule has 3 heterocycles.